The van der Waals surface area contributed by atoms with Gasteiger partial charge < -0.3 is 10.6 Å². The number of hydrogen-bond acceptors (Lipinski definition) is 2. The highest BCUT2D eigenvalue weighted by Gasteiger charge is 2.43. The number of halogens is 2. The summed E-state index contributed by atoms with van der Waals surface area (Å²) >= 11 is 5.95. The van der Waals surface area contributed by atoms with Crippen LogP contribution in [0.4, 0.5) is 0 Å². The molecule has 0 aromatic heterocycles. The quantitative estimate of drug-likeness (QED) is 0.793. The Morgan fingerprint density at radius 1 is 1.42 bits per heavy atom. The van der Waals surface area contributed by atoms with Crippen molar-refractivity contribution in [3.63, 3.8) is 0 Å². The summed E-state index contributed by atoms with van der Waals surface area (Å²) in [5, 5.41) is 6.88. The van der Waals surface area contributed by atoms with E-state index in [4.69, 9.17) is 11.6 Å². The van der Waals surface area contributed by atoms with Gasteiger partial charge in [0.05, 0.1) is 0 Å². The lowest BCUT2D eigenvalue weighted by molar-refractivity contribution is -0.122. The number of nitrogens with one attached hydrogen (secondary N) is 2. The number of hydrogen-bond donors (Lipinski definition) is 2. The fourth-order valence-electron chi connectivity index (χ4n) is 2.17. The van der Waals surface area contributed by atoms with Gasteiger partial charge in [0.1, 0.15) is 0 Å². The van der Waals surface area contributed by atoms with E-state index in [2.05, 4.69) is 17.6 Å². The monoisotopic (exact) mass is 302 g/mol. The number of carbonyl (C=O) groups excluding carboxylic acids is 1. The number of amides is 1. The first-order valence-electron chi connectivity index (χ1n) is 6.46. The SMILES string of the molecule is CCNCCNC(=O)C1CC1c1cccc(Cl)c1.Cl. The highest BCUT2D eigenvalue weighted by molar-refractivity contribution is 6.30. The molecule has 1 aliphatic rings. The predicted octanol–water partition coefficient (Wildman–Crippen LogP) is 2.59. The summed E-state index contributed by atoms with van der Waals surface area (Å²) < 4.78 is 0. The number of benzene rings is 1. The van der Waals surface area contributed by atoms with Crippen molar-refractivity contribution < 1.29 is 4.79 Å². The van der Waals surface area contributed by atoms with Gasteiger partial charge in [0.2, 0.25) is 5.91 Å². The van der Waals surface area contributed by atoms with Crippen molar-refractivity contribution in [2.24, 2.45) is 5.92 Å². The molecule has 1 amide bonds. The first-order chi connectivity index (χ1) is 8.72. The van der Waals surface area contributed by atoms with Crippen LogP contribution in [-0.4, -0.2) is 25.5 Å². The van der Waals surface area contributed by atoms with E-state index in [0.717, 1.165) is 24.5 Å². The molecule has 0 radical (unpaired) electrons. The Hall–Kier alpha value is -0.770. The molecule has 1 aromatic carbocycles. The van der Waals surface area contributed by atoms with Crippen LogP contribution in [-0.2, 0) is 4.79 Å². The van der Waals surface area contributed by atoms with Crippen molar-refractivity contribution in [2.75, 3.05) is 19.6 Å². The summed E-state index contributed by atoms with van der Waals surface area (Å²) in [5.74, 6) is 0.644. The molecular weight excluding hydrogens is 283 g/mol. The summed E-state index contributed by atoms with van der Waals surface area (Å²) in [6, 6.07) is 7.80. The Morgan fingerprint density at radius 2 is 2.21 bits per heavy atom. The first kappa shape index (κ1) is 16.3. The molecule has 1 aliphatic carbocycles. The summed E-state index contributed by atoms with van der Waals surface area (Å²) in [5.41, 5.74) is 1.18. The van der Waals surface area contributed by atoms with E-state index in [1.54, 1.807) is 0 Å². The molecule has 0 spiro atoms. The van der Waals surface area contributed by atoms with E-state index in [1.165, 1.54) is 5.56 Å². The topological polar surface area (TPSA) is 41.1 Å². The van der Waals surface area contributed by atoms with Crippen molar-refractivity contribution >= 4 is 29.9 Å². The zero-order valence-electron chi connectivity index (χ0n) is 11.0. The van der Waals surface area contributed by atoms with E-state index >= 15 is 0 Å². The van der Waals surface area contributed by atoms with Crippen LogP contribution in [0, 0.1) is 5.92 Å². The molecule has 5 heteroatoms. The summed E-state index contributed by atoms with van der Waals surface area (Å²) in [6.45, 7) is 4.52. The molecule has 1 aromatic rings. The molecule has 2 unspecified atom stereocenters. The average molecular weight is 303 g/mol. The molecule has 0 aliphatic heterocycles. The lowest BCUT2D eigenvalue weighted by Gasteiger charge is -2.05. The van der Waals surface area contributed by atoms with Crippen LogP contribution in [0.2, 0.25) is 5.02 Å². The fraction of sp³-hybridized carbons (Fsp3) is 0.500. The molecule has 2 rings (SSSR count). The molecule has 19 heavy (non-hydrogen) atoms. The van der Waals surface area contributed by atoms with E-state index in [1.807, 2.05) is 24.3 Å². The van der Waals surface area contributed by atoms with Gasteiger partial charge in [0, 0.05) is 24.0 Å². The minimum atomic E-state index is 0. The Balaban J connectivity index is 0.00000180. The molecule has 0 heterocycles. The minimum Gasteiger partial charge on any atom is -0.355 e. The molecular formula is C14H20Cl2N2O. The maximum absolute atomic E-state index is 11.9. The second kappa shape index (κ2) is 7.73. The van der Waals surface area contributed by atoms with Crippen molar-refractivity contribution in [1.82, 2.24) is 10.6 Å². The second-order valence-corrected chi connectivity index (χ2v) is 5.08. The van der Waals surface area contributed by atoms with Crippen LogP contribution < -0.4 is 10.6 Å². The van der Waals surface area contributed by atoms with Crippen LogP contribution in [0.5, 0.6) is 0 Å². The van der Waals surface area contributed by atoms with Crippen molar-refractivity contribution in [3.8, 4) is 0 Å². The summed E-state index contributed by atoms with van der Waals surface area (Å²) in [7, 11) is 0. The minimum absolute atomic E-state index is 0. The second-order valence-electron chi connectivity index (χ2n) is 4.65. The van der Waals surface area contributed by atoms with Gasteiger partial charge in [-0.1, -0.05) is 30.7 Å². The van der Waals surface area contributed by atoms with Gasteiger partial charge in [-0.05, 0) is 36.6 Å². The van der Waals surface area contributed by atoms with E-state index < -0.39 is 0 Å². The number of carbonyl (C=O) groups is 1. The van der Waals surface area contributed by atoms with Crippen molar-refractivity contribution in [2.45, 2.75) is 19.3 Å². The largest absolute Gasteiger partial charge is 0.355 e. The van der Waals surface area contributed by atoms with Crippen molar-refractivity contribution in [3.05, 3.63) is 34.9 Å². The third-order valence-electron chi connectivity index (χ3n) is 3.26. The third kappa shape index (κ3) is 4.68. The van der Waals surface area contributed by atoms with Gasteiger partial charge in [0.25, 0.3) is 0 Å². The van der Waals surface area contributed by atoms with E-state index in [-0.39, 0.29) is 24.2 Å². The molecule has 2 atom stereocenters. The third-order valence-corrected chi connectivity index (χ3v) is 3.49. The molecule has 0 bridgehead atoms. The smallest absolute Gasteiger partial charge is 0.223 e. The average Bonchev–Trinajstić information content (AvgIpc) is 3.15. The van der Waals surface area contributed by atoms with Gasteiger partial charge in [-0.3, -0.25) is 4.79 Å². The normalized spacial score (nSPS) is 20.5. The fourth-order valence-corrected chi connectivity index (χ4v) is 2.37. The summed E-state index contributed by atoms with van der Waals surface area (Å²) in [4.78, 5) is 11.9. The molecule has 1 fully saturated rings. The lowest BCUT2D eigenvalue weighted by atomic mass is 10.1. The molecule has 106 valence electrons. The Labute approximate surface area is 125 Å². The van der Waals surface area contributed by atoms with E-state index in [0.29, 0.717) is 12.5 Å². The highest BCUT2D eigenvalue weighted by Crippen LogP contribution is 2.47. The first-order valence-corrected chi connectivity index (χ1v) is 6.84. The Morgan fingerprint density at radius 3 is 2.89 bits per heavy atom. The lowest BCUT2D eigenvalue weighted by Crippen LogP contribution is -2.32. The molecule has 0 saturated heterocycles. The summed E-state index contributed by atoms with van der Waals surface area (Å²) in [6.07, 6.45) is 0.938. The van der Waals surface area contributed by atoms with Gasteiger partial charge in [-0.15, -0.1) is 12.4 Å². The van der Waals surface area contributed by atoms with Gasteiger partial charge >= 0.3 is 0 Å². The standard InChI is InChI=1S/C14H19ClN2O.ClH/c1-2-16-6-7-17-14(18)13-9-12(13)10-4-3-5-11(15)8-10;/h3-5,8,12-13,16H,2,6-7,9H2,1H3,(H,17,18);1H. The maximum atomic E-state index is 11.9. The van der Waals surface area contributed by atoms with Gasteiger partial charge in [-0.25, -0.2) is 0 Å². The number of rotatable bonds is 6. The van der Waals surface area contributed by atoms with Crippen LogP contribution in [0.25, 0.3) is 0 Å². The van der Waals surface area contributed by atoms with Gasteiger partial charge in [0.15, 0.2) is 0 Å². The maximum Gasteiger partial charge on any atom is 0.223 e. The van der Waals surface area contributed by atoms with Crippen LogP contribution in [0.1, 0.15) is 24.8 Å². The van der Waals surface area contributed by atoms with E-state index in [9.17, 15) is 4.79 Å². The predicted molar refractivity (Wildman–Crippen MR) is 81.1 cm³/mol. The zero-order chi connectivity index (χ0) is 13.0. The van der Waals surface area contributed by atoms with Crippen LogP contribution in [0.3, 0.4) is 0 Å². The molecule has 2 N–H and O–H groups in total. The zero-order valence-corrected chi connectivity index (χ0v) is 12.6. The Bertz CT molecular complexity index is 426. The molecule has 1 saturated carbocycles. The number of likely N-dealkylation sites (N-methyl/N-ethyl adjacent to an activating group) is 1. The Kier molecular flexibility index (Phi) is 6.63. The van der Waals surface area contributed by atoms with Crippen molar-refractivity contribution in [1.29, 1.82) is 0 Å². The highest BCUT2D eigenvalue weighted by atomic mass is 35.5. The molecule has 3 nitrogen and oxygen atoms in total. The van der Waals surface area contributed by atoms with Crippen LogP contribution in [0.15, 0.2) is 24.3 Å². The van der Waals surface area contributed by atoms with Crippen LogP contribution >= 0.6 is 24.0 Å². The van der Waals surface area contributed by atoms with Gasteiger partial charge in [-0.2, -0.15) is 0 Å².